The Morgan fingerprint density at radius 2 is 2.14 bits per heavy atom. The molecular weight excluding hydrogens is 264 g/mol. The first-order valence-corrected chi connectivity index (χ1v) is 7.69. The smallest absolute Gasteiger partial charge is 0.251 e. The molecule has 1 heterocycles. The summed E-state index contributed by atoms with van der Waals surface area (Å²) in [5.41, 5.74) is 2.75. The largest absolute Gasteiger partial charge is 0.349 e. The number of hydrogen-bond donors (Lipinski definition) is 2. The van der Waals surface area contributed by atoms with E-state index in [4.69, 9.17) is 0 Å². The first-order chi connectivity index (χ1) is 9.95. The van der Waals surface area contributed by atoms with Crippen molar-refractivity contribution in [2.75, 3.05) is 5.32 Å². The van der Waals surface area contributed by atoms with Crippen molar-refractivity contribution >= 4 is 17.5 Å². The fraction of sp³-hybridized carbons (Fsp3) is 0.529. The third-order valence-corrected chi connectivity index (χ3v) is 4.83. The van der Waals surface area contributed by atoms with E-state index in [-0.39, 0.29) is 23.3 Å². The molecule has 1 unspecified atom stereocenters. The number of benzene rings is 1. The van der Waals surface area contributed by atoms with E-state index in [1.807, 2.05) is 12.1 Å². The zero-order valence-corrected chi connectivity index (χ0v) is 12.7. The molecule has 2 amide bonds. The van der Waals surface area contributed by atoms with Gasteiger partial charge < -0.3 is 10.6 Å². The molecule has 1 aliphatic heterocycles. The van der Waals surface area contributed by atoms with Gasteiger partial charge in [0.1, 0.15) is 0 Å². The number of aryl methyl sites for hydroxylation is 1. The van der Waals surface area contributed by atoms with E-state index in [2.05, 4.69) is 24.5 Å². The molecule has 2 N–H and O–H groups in total. The van der Waals surface area contributed by atoms with Gasteiger partial charge in [0.05, 0.1) is 0 Å². The third kappa shape index (κ3) is 2.80. The number of nitrogens with one attached hydrogen (secondary N) is 2. The Morgan fingerprint density at radius 3 is 2.86 bits per heavy atom. The van der Waals surface area contributed by atoms with Gasteiger partial charge in [-0.15, -0.1) is 0 Å². The number of amides is 2. The summed E-state index contributed by atoms with van der Waals surface area (Å²) in [6, 6.07) is 5.79. The van der Waals surface area contributed by atoms with E-state index in [1.165, 1.54) is 6.42 Å². The lowest BCUT2D eigenvalue weighted by atomic mass is 9.87. The number of hydrogen-bond acceptors (Lipinski definition) is 2. The third-order valence-electron chi connectivity index (χ3n) is 4.83. The zero-order valence-electron chi connectivity index (χ0n) is 12.7. The van der Waals surface area contributed by atoms with Gasteiger partial charge in [0.25, 0.3) is 5.91 Å². The Kier molecular flexibility index (Phi) is 3.47. The average molecular weight is 286 g/mol. The molecular formula is C17H22N2O2. The molecule has 0 aromatic heterocycles. The second-order valence-electron chi connectivity index (χ2n) is 6.83. The molecule has 1 atom stereocenters. The Hall–Kier alpha value is -1.84. The minimum atomic E-state index is -0.00493. The van der Waals surface area contributed by atoms with Crippen LogP contribution in [0.1, 0.15) is 55.5 Å². The highest BCUT2D eigenvalue weighted by Gasteiger charge is 2.35. The molecule has 0 bridgehead atoms. The van der Waals surface area contributed by atoms with Crippen LogP contribution in [0.5, 0.6) is 0 Å². The van der Waals surface area contributed by atoms with Crippen molar-refractivity contribution in [2.45, 2.75) is 52.0 Å². The lowest BCUT2D eigenvalue weighted by Crippen LogP contribution is -2.41. The topological polar surface area (TPSA) is 58.2 Å². The summed E-state index contributed by atoms with van der Waals surface area (Å²) >= 11 is 0. The van der Waals surface area contributed by atoms with Crippen molar-refractivity contribution in [3.05, 3.63) is 29.3 Å². The van der Waals surface area contributed by atoms with Gasteiger partial charge in [0.15, 0.2) is 0 Å². The average Bonchev–Trinajstić information content (AvgIpc) is 2.77. The lowest BCUT2D eigenvalue weighted by Gasteiger charge is -2.28. The van der Waals surface area contributed by atoms with Crippen LogP contribution in [-0.2, 0) is 11.2 Å². The standard InChI is InChI=1S/C17H22N2O2/c1-17(2)9-3-4-14(17)19-16(21)12-5-7-13-11(10-12)6-8-15(20)18-13/h5,7,10,14H,3-4,6,8-9H2,1-2H3,(H,18,20)(H,19,21). The molecule has 1 aromatic carbocycles. The summed E-state index contributed by atoms with van der Waals surface area (Å²) in [6.45, 7) is 4.43. The SMILES string of the molecule is CC1(C)CCCC1NC(=O)c1ccc2c(c1)CCC(=O)N2. The maximum atomic E-state index is 12.4. The van der Waals surface area contributed by atoms with Crippen molar-refractivity contribution in [3.63, 3.8) is 0 Å². The van der Waals surface area contributed by atoms with Gasteiger partial charge in [0.2, 0.25) is 5.91 Å². The Morgan fingerprint density at radius 1 is 1.33 bits per heavy atom. The molecule has 0 spiro atoms. The first kappa shape index (κ1) is 14.1. The highest BCUT2D eigenvalue weighted by atomic mass is 16.2. The van der Waals surface area contributed by atoms with Gasteiger partial charge in [-0.1, -0.05) is 20.3 Å². The number of fused-ring (bicyclic) bond motifs is 1. The van der Waals surface area contributed by atoms with Crippen LogP contribution in [0.2, 0.25) is 0 Å². The van der Waals surface area contributed by atoms with E-state index in [1.54, 1.807) is 6.07 Å². The monoisotopic (exact) mass is 286 g/mol. The predicted octanol–water partition coefficient (Wildman–Crippen LogP) is 2.88. The molecule has 1 aliphatic carbocycles. The van der Waals surface area contributed by atoms with Crippen LogP contribution in [0.15, 0.2) is 18.2 Å². The van der Waals surface area contributed by atoms with Crippen molar-refractivity contribution in [2.24, 2.45) is 5.41 Å². The molecule has 0 saturated heterocycles. The number of rotatable bonds is 2. The number of carbonyl (C=O) groups is 2. The minimum absolute atomic E-state index is 0.00493. The molecule has 112 valence electrons. The summed E-state index contributed by atoms with van der Waals surface area (Å²) < 4.78 is 0. The van der Waals surface area contributed by atoms with Gasteiger partial charge in [0, 0.05) is 23.7 Å². The molecule has 4 nitrogen and oxygen atoms in total. The van der Waals surface area contributed by atoms with Crippen molar-refractivity contribution in [1.29, 1.82) is 0 Å². The summed E-state index contributed by atoms with van der Waals surface area (Å²) in [7, 11) is 0. The first-order valence-electron chi connectivity index (χ1n) is 7.69. The predicted molar refractivity (Wildman–Crippen MR) is 82.3 cm³/mol. The van der Waals surface area contributed by atoms with Crippen molar-refractivity contribution in [1.82, 2.24) is 5.32 Å². The second-order valence-corrected chi connectivity index (χ2v) is 6.83. The summed E-state index contributed by atoms with van der Waals surface area (Å²) in [6.07, 6.45) is 4.59. The Bertz CT molecular complexity index is 592. The van der Waals surface area contributed by atoms with Crippen molar-refractivity contribution < 1.29 is 9.59 Å². The van der Waals surface area contributed by atoms with E-state index in [0.717, 1.165) is 24.1 Å². The molecule has 1 saturated carbocycles. The fourth-order valence-electron chi connectivity index (χ4n) is 3.36. The molecule has 21 heavy (non-hydrogen) atoms. The number of anilines is 1. The zero-order chi connectivity index (χ0) is 15.0. The van der Waals surface area contributed by atoms with Crippen LogP contribution in [0.25, 0.3) is 0 Å². The molecule has 2 aliphatic rings. The maximum Gasteiger partial charge on any atom is 0.251 e. The van der Waals surface area contributed by atoms with E-state index in [9.17, 15) is 9.59 Å². The van der Waals surface area contributed by atoms with Crippen LogP contribution in [0, 0.1) is 5.41 Å². The molecule has 3 rings (SSSR count). The van der Waals surface area contributed by atoms with Gasteiger partial charge in [-0.25, -0.2) is 0 Å². The van der Waals surface area contributed by atoms with Gasteiger partial charge in [-0.2, -0.15) is 0 Å². The quantitative estimate of drug-likeness (QED) is 0.878. The molecule has 1 aromatic rings. The van der Waals surface area contributed by atoms with Crippen molar-refractivity contribution in [3.8, 4) is 0 Å². The van der Waals surface area contributed by atoms with Crippen LogP contribution in [0.3, 0.4) is 0 Å². The summed E-state index contributed by atoms with van der Waals surface area (Å²) in [5.74, 6) is 0.0436. The highest BCUT2D eigenvalue weighted by molar-refractivity contribution is 5.98. The van der Waals surface area contributed by atoms with Gasteiger partial charge >= 0.3 is 0 Å². The van der Waals surface area contributed by atoms with Crippen LogP contribution < -0.4 is 10.6 Å². The number of carbonyl (C=O) groups excluding carboxylic acids is 2. The van der Waals surface area contributed by atoms with Gasteiger partial charge in [-0.3, -0.25) is 9.59 Å². The Balaban J connectivity index is 1.75. The van der Waals surface area contributed by atoms with Gasteiger partial charge in [-0.05, 0) is 48.4 Å². The summed E-state index contributed by atoms with van der Waals surface area (Å²) in [4.78, 5) is 23.8. The van der Waals surface area contributed by atoms with Crippen LogP contribution in [0.4, 0.5) is 5.69 Å². The van der Waals surface area contributed by atoms with E-state index < -0.39 is 0 Å². The fourth-order valence-corrected chi connectivity index (χ4v) is 3.36. The Labute approximate surface area is 125 Å². The lowest BCUT2D eigenvalue weighted by molar-refractivity contribution is -0.116. The van der Waals surface area contributed by atoms with E-state index >= 15 is 0 Å². The second kappa shape index (κ2) is 5.17. The van der Waals surface area contributed by atoms with E-state index in [0.29, 0.717) is 18.4 Å². The molecule has 0 radical (unpaired) electrons. The van der Waals surface area contributed by atoms with Crippen LogP contribution in [-0.4, -0.2) is 17.9 Å². The molecule has 1 fully saturated rings. The van der Waals surface area contributed by atoms with Crippen LogP contribution >= 0.6 is 0 Å². The summed E-state index contributed by atoms with van der Waals surface area (Å²) in [5, 5.41) is 6.02. The minimum Gasteiger partial charge on any atom is -0.349 e. The normalized spacial score (nSPS) is 23.3. The maximum absolute atomic E-state index is 12.4. The highest BCUT2D eigenvalue weighted by Crippen LogP contribution is 2.37. The molecule has 4 heteroatoms.